The van der Waals surface area contributed by atoms with Crippen LogP contribution in [0.15, 0.2) is 47.4 Å². The summed E-state index contributed by atoms with van der Waals surface area (Å²) in [7, 11) is -3.92. The third-order valence-corrected chi connectivity index (χ3v) is 5.60. The van der Waals surface area contributed by atoms with Crippen molar-refractivity contribution in [1.82, 2.24) is 0 Å². The van der Waals surface area contributed by atoms with E-state index in [-0.39, 0.29) is 15.8 Å². The van der Waals surface area contributed by atoms with Crippen LogP contribution in [0.3, 0.4) is 0 Å². The summed E-state index contributed by atoms with van der Waals surface area (Å²) in [5, 5.41) is -0.268. The van der Waals surface area contributed by atoms with Crippen molar-refractivity contribution >= 4 is 38.9 Å². The van der Waals surface area contributed by atoms with Gasteiger partial charge in [-0.25, -0.2) is 12.8 Å². The van der Waals surface area contributed by atoms with Crippen molar-refractivity contribution in [3.63, 3.8) is 0 Å². The minimum absolute atomic E-state index is 0.0246. The van der Waals surface area contributed by atoms with Crippen molar-refractivity contribution < 1.29 is 17.6 Å². The molecule has 0 aromatic heterocycles. The number of hydrogen-bond donors (Lipinski definition) is 1. The minimum atomic E-state index is -3.92. The van der Waals surface area contributed by atoms with Crippen LogP contribution in [-0.4, -0.2) is 20.9 Å². The summed E-state index contributed by atoms with van der Waals surface area (Å²) in [5.41, 5.74) is 0.957. The normalized spacial score (nSPS) is 15.3. The molecule has 3 rings (SSSR count). The number of benzene rings is 2. The molecule has 8 heteroatoms. The predicted molar refractivity (Wildman–Crippen MR) is 94.9 cm³/mol. The second kappa shape index (κ2) is 7.01. The Morgan fingerprint density at radius 2 is 1.92 bits per heavy atom. The largest absolute Gasteiger partial charge is 0.312 e. The molecule has 0 bridgehead atoms. The van der Waals surface area contributed by atoms with Gasteiger partial charge in [0.2, 0.25) is 5.91 Å². The smallest absolute Gasteiger partial charge is 0.261 e. The summed E-state index contributed by atoms with van der Waals surface area (Å²) in [6.45, 7) is 0.614. The molecule has 132 valence electrons. The first-order chi connectivity index (χ1) is 11.9. The quantitative estimate of drug-likeness (QED) is 0.874. The SMILES string of the molecule is O=C1CCCCN1c1cccc(NS(=O)(=O)c2ccc(F)c(Cl)c2)c1. The number of carbonyl (C=O) groups excluding carboxylic acids is 1. The molecule has 25 heavy (non-hydrogen) atoms. The average Bonchev–Trinajstić information content (AvgIpc) is 2.57. The number of carbonyl (C=O) groups is 1. The summed E-state index contributed by atoms with van der Waals surface area (Å²) in [5.74, 6) is -0.664. The fourth-order valence-corrected chi connectivity index (χ4v) is 3.99. The number of halogens is 2. The van der Waals surface area contributed by atoms with E-state index in [1.807, 2.05) is 0 Å². The van der Waals surface area contributed by atoms with E-state index in [2.05, 4.69) is 4.72 Å². The lowest BCUT2D eigenvalue weighted by molar-refractivity contribution is -0.119. The van der Waals surface area contributed by atoms with Crippen LogP contribution in [0.25, 0.3) is 0 Å². The molecule has 1 fully saturated rings. The van der Waals surface area contributed by atoms with Crippen molar-refractivity contribution in [1.29, 1.82) is 0 Å². The Morgan fingerprint density at radius 3 is 2.64 bits per heavy atom. The number of amides is 1. The zero-order valence-electron chi connectivity index (χ0n) is 13.2. The van der Waals surface area contributed by atoms with Crippen LogP contribution in [0, 0.1) is 5.82 Å². The molecule has 0 unspecified atom stereocenters. The van der Waals surface area contributed by atoms with E-state index in [0.29, 0.717) is 24.3 Å². The van der Waals surface area contributed by atoms with E-state index in [1.165, 1.54) is 0 Å². The number of nitrogens with zero attached hydrogens (tertiary/aromatic N) is 1. The van der Waals surface area contributed by atoms with Crippen molar-refractivity contribution in [3.05, 3.63) is 53.3 Å². The number of sulfonamides is 1. The maximum absolute atomic E-state index is 13.2. The van der Waals surface area contributed by atoms with Gasteiger partial charge in [0, 0.05) is 18.7 Å². The topological polar surface area (TPSA) is 66.5 Å². The monoisotopic (exact) mass is 382 g/mol. The van der Waals surface area contributed by atoms with E-state index in [9.17, 15) is 17.6 Å². The maximum atomic E-state index is 13.2. The summed E-state index contributed by atoms with van der Waals surface area (Å²) >= 11 is 5.65. The second-order valence-electron chi connectivity index (χ2n) is 5.73. The number of piperidine rings is 1. The molecule has 2 aromatic rings. The van der Waals surface area contributed by atoms with Crippen molar-refractivity contribution in [3.8, 4) is 0 Å². The van der Waals surface area contributed by atoms with Crippen LogP contribution in [0.1, 0.15) is 19.3 Å². The highest BCUT2D eigenvalue weighted by atomic mass is 35.5. The first-order valence-electron chi connectivity index (χ1n) is 7.75. The van der Waals surface area contributed by atoms with Gasteiger partial charge in [-0.15, -0.1) is 0 Å². The Balaban J connectivity index is 1.86. The lowest BCUT2D eigenvalue weighted by atomic mass is 10.1. The molecule has 0 aliphatic carbocycles. The van der Waals surface area contributed by atoms with Gasteiger partial charge in [0.1, 0.15) is 5.82 Å². The lowest BCUT2D eigenvalue weighted by Crippen LogP contribution is -2.35. The number of nitrogens with one attached hydrogen (secondary N) is 1. The first kappa shape index (κ1) is 17.7. The van der Waals surface area contributed by atoms with Gasteiger partial charge in [0.05, 0.1) is 15.6 Å². The molecule has 0 atom stereocenters. The minimum Gasteiger partial charge on any atom is -0.312 e. The Kier molecular flexibility index (Phi) is 4.96. The average molecular weight is 383 g/mol. The van der Waals surface area contributed by atoms with E-state index >= 15 is 0 Å². The maximum Gasteiger partial charge on any atom is 0.261 e. The highest BCUT2D eigenvalue weighted by molar-refractivity contribution is 7.92. The Hall–Kier alpha value is -2.12. The van der Waals surface area contributed by atoms with Crippen molar-refractivity contribution in [2.45, 2.75) is 24.2 Å². The zero-order valence-corrected chi connectivity index (χ0v) is 14.8. The molecule has 1 amide bonds. The van der Waals surface area contributed by atoms with Gasteiger partial charge >= 0.3 is 0 Å². The third kappa shape index (κ3) is 3.93. The van der Waals surface area contributed by atoms with E-state index in [4.69, 9.17) is 11.6 Å². The summed E-state index contributed by atoms with van der Waals surface area (Å²) in [6.07, 6.45) is 2.27. The molecule has 0 spiro atoms. The fraction of sp³-hybridized carbons (Fsp3) is 0.235. The Morgan fingerprint density at radius 1 is 1.12 bits per heavy atom. The van der Waals surface area contributed by atoms with Gasteiger partial charge < -0.3 is 4.90 Å². The molecule has 1 N–H and O–H groups in total. The highest BCUT2D eigenvalue weighted by Gasteiger charge is 2.21. The molecule has 5 nitrogen and oxygen atoms in total. The van der Waals surface area contributed by atoms with Crippen LogP contribution in [0.2, 0.25) is 5.02 Å². The van der Waals surface area contributed by atoms with Crippen molar-refractivity contribution in [2.75, 3.05) is 16.2 Å². The summed E-state index contributed by atoms with van der Waals surface area (Å²) in [6, 6.07) is 9.81. The molecule has 1 heterocycles. The fourth-order valence-electron chi connectivity index (χ4n) is 2.67. The highest BCUT2D eigenvalue weighted by Crippen LogP contribution is 2.26. The van der Waals surface area contributed by atoms with Gasteiger partial charge in [-0.2, -0.15) is 0 Å². The number of anilines is 2. The van der Waals surface area contributed by atoms with Crippen LogP contribution in [0.4, 0.5) is 15.8 Å². The number of hydrogen-bond acceptors (Lipinski definition) is 3. The second-order valence-corrected chi connectivity index (χ2v) is 7.82. The van der Waals surface area contributed by atoms with Crippen LogP contribution < -0.4 is 9.62 Å². The van der Waals surface area contributed by atoms with Gasteiger partial charge in [0.25, 0.3) is 10.0 Å². The van der Waals surface area contributed by atoms with Gasteiger partial charge in [-0.05, 0) is 49.2 Å². The van der Waals surface area contributed by atoms with Crippen LogP contribution in [-0.2, 0) is 14.8 Å². The molecule has 2 aromatic carbocycles. The summed E-state index contributed by atoms with van der Waals surface area (Å²) in [4.78, 5) is 13.5. The van der Waals surface area contributed by atoms with E-state index in [0.717, 1.165) is 31.0 Å². The molecule has 0 radical (unpaired) electrons. The van der Waals surface area contributed by atoms with Crippen LogP contribution >= 0.6 is 11.6 Å². The molecule has 1 aliphatic heterocycles. The molecule has 1 saturated heterocycles. The Bertz CT molecular complexity index is 918. The molecule has 1 aliphatic rings. The van der Waals surface area contributed by atoms with E-state index < -0.39 is 15.8 Å². The molecular formula is C17H16ClFN2O3S. The van der Waals surface area contributed by atoms with Gasteiger partial charge in [-0.3, -0.25) is 9.52 Å². The zero-order chi connectivity index (χ0) is 18.0. The first-order valence-corrected chi connectivity index (χ1v) is 9.61. The Labute approximate surface area is 150 Å². The van der Waals surface area contributed by atoms with Gasteiger partial charge in [-0.1, -0.05) is 17.7 Å². The molecule has 0 saturated carbocycles. The molecular weight excluding hydrogens is 367 g/mol. The van der Waals surface area contributed by atoms with E-state index in [1.54, 1.807) is 29.2 Å². The third-order valence-electron chi connectivity index (χ3n) is 3.93. The van der Waals surface area contributed by atoms with Crippen molar-refractivity contribution in [2.24, 2.45) is 0 Å². The van der Waals surface area contributed by atoms with Crippen LogP contribution in [0.5, 0.6) is 0 Å². The van der Waals surface area contributed by atoms with Gasteiger partial charge in [0.15, 0.2) is 0 Å². The number of rotatable bonds is 4. The lowest BCUT2D eigenvalue weighted by Gasteiger charge is -2.27. The summed E-state index contributed by atoms with van der Waals surface area (Å²) < 4.78 is 40.5. The predicted octanol–water partition coefficient (Wildman–Crippen LogP) is 3.80. The standard InChI is InChI=1S/C17H16ClFN2O3S/c18-15-11-14(7-8-16(15)19)25(23,24)20-12-4-3-5-13(10-12)21-9-2-1-6-17(21)22/h3-5,7-8,10-11,20H,1-2,6,9H2.